The first-order valence-corrected chi connectivity index (χ1v) is 6.42. The van der Waals surface area contributed by atoms with Crippen LogP contribution >= 0.6 is 12.4 Å². The fourth-order valence-corrected chi connectivity index (χ4v) is 2.10. The van der Waals surface area contributed by atoms with E-state index in [2.05, 4.69) is 10.6 Å². The van der Waals surface area contributed by atoms with Crippen molar-refractivity contribution in [1.82, 2.24) is 15.5 Å². The number of halogens is 1. The highest BCUT2D eigenvalue weighted by molar-refractivity contribution is 5.85. The second-order valence-electron chi connectivity index (χ2n) is 5.09. The van der Waals surface area contributed by atoms with Crippen molar-refractivity contribution in [1.29, 1.82) is 0 Å². The Balaban J connectivity index is 0.00000162. The maximum atomic E-state index is 11.8. The number of likely N-dealkylation sites (N-methyl/N-ethyl adjacent to an activating group) is 1. The lowest BCUT2D eigenvalue weighted by Gasteiger charge is -2.19. The zero-order valence-corrected chi connectivity index (χ0v) is 11.6. The zero-order chi connectivity index (χ0) is 12.3. The molecule has 1 aliphatic heterocycles. The minimum Gasteiger partial charge on any atom is -0.352 e. The van der Waals surface area contributed by atoms with E-state index in [1.165, 1.54) is 4.90 Å². The third-order valence-corrected chi connectivity index (χ3v) is 3.33. The van der Waals surface area contributed by atoms with E-state index in [1.807, 2.05) is 0 Å². The number of nitrogens with zero attached hydrogens (tertiary/aromatic N) is 1. The molecule has 6 heteroatoms. The molecule has 0 aromatic heterocycles. The molecule has 1 atom stereocenters. The maximum Gasteiger partial charge on any atom is 0.239 e. The monoisotopic (exact) mass is 275 g/mol. The van der Waals surface area contributed by atoms with Gasteiger partial charge in [0, 0.05) is 25.6 Å². The van der Waals surface area contributed by atoms with E-state index in [-0.39, 0.29) is 30.8 Å². The Morgan fingerprint density at radius 2 is 2.06 bits per heavy atom. The van der Waals surface area contributed by atoms with Gasteiger partial charge in [0.25, 0.3) is 0 Å². The maximum absolute atomic E-state index is 11.8. The van der Waals surface area contributed by atoms with Gasteiger partial charge in [-0.2, -0.15) is 0 Å². The van der Waals surface area contributed by atoms with E-state index >= 15 is 0 Å². The standard InChI is InChI=1S/C12H21N3O2.ClH/c1-15(8-11(16)14-9-4-5-9)12(17)7-10-3-2-6-13-10;/h9-10,13H,2-8H2,1H3,(H,14,16);1H. The summed E-state index contributed by atoms with van der Waals surface area (Å²) in [7, 11) is 1.70. The lowest BCUT2D eigenvalue weighted by Crippen LogP contribution is -2.41. The van der Waals surface area contributed by atoms with Crippen molar-refractivity contribution in [3.8, 4) is 0 Å². The lowest BCUT2D eigenvalue weighted by molar-refractivity contribution is -0.135. The summed E-state index contributed by atoms with van der Waals surface area (Å²) in [5.74, 6) is 0.0121. The Labute approximate surface area is 114 Å². The van der Waals surface area contributed by atoms with Gasteiger partial charge in [0.2, 0.25) is 11.8 Å². The number of carbonyl (C=O) groups excluding carboxylic acids is 2. The largest absolute Gasteiger partial charge is 0.352 e. The van der Waals surface area contributed by atoms with Crippen molar-refractivity contribution in [3.63, 3.8) is 0 Å². The van der Waals surface area contributed by atoms with Gasteiger partial charge in [-0.05, 0) is 32.2 Å². The summed E-state index contributed by atoms with van der Waals surface area (Å²) >= 11 is 0. The van der Waals surface area contributed by atoms with Crippen LogP contribution in [0.5, 0.6) is 0 Å². The van der Waals surface area contributed by atoms with E-state index in [9.17, 15) is 9.59 Å². The van der Waals surface area contributed by atoms with Crippen LogP contribution in [0, 0.1) is 0 Å². The predicted octanol–water partition coefficient (Wildman–Crippen LogP) is 0.287. The van der Waals surface area contributed by atoms with E-state index in [1.54, 1.807) is 7.05 Å². The molecule has 2 fully saturated rings. The summed E-state index contributed by atoms with van der Waals surface area (Å²) in [6.45, 7) is 1.19. The summed E-state index contributed by atoms with van der Waals surface area (Å²) in [5, 5.41) is 6.17. The fourth-order valence-electron chi connectivity index (χ4n) is 2.10. The number of nitrogens with one attached hydrogen (secondary N) is 2. The van der Waals surface area contributed by atoms with Crippen LogP contribution in [0.15, 0.2) is 0 Å². The summed E-state index contributed by atoms with van der Waals surface area (Å²) in [5.41, 5.74) is 0. The average molecular weight is 276 g/mol. The number of rotatable bonds is 5. The first-order valence-electron chi connectivity index (χ1n) is 6.42. The Morgan fingerprint density at radius 1 is 1.33 bits per heavy atom. The van der Waals surface area contributed by atoms with Crippen LogP contribution < -0.4 is 10.6 Å². The SMILES string of the molecule is CN(CC(=O)NC1CC1)C(=O)CC1CCCN1.Cl. The molecule has 2 aliphatic rings. The zero-order valence-electron chi connectivity index (χ0n) is 10.8. The highest BCUT2D eigenvalue weighted by atomic mass is 35.5. The van der Waals surface area contributed by atoms with Gasteiger partial charge < -0.3 is 15.5 Å². The molecule has 0 bridgehead atoms. The summed E-state index contributed by atoms with van der Waals surface area (Å²) in [6, 6.07) is 0.666. The van der Waals surface area contributed by atoms with Crippen molar-refractivity contribution in [3.05, 3.63) is 0 Å². The van der Waals surface area contributed by atoms with Crippen molar-refractivity contribution in [2.75, 3.05) is 20.1 Å². The van der Waals surface area contributed by atoms with Crippen molar-refractivity contribution >= 4 is 24.2 Å². The van der Waals surface area contributed by atoms with E-state index in [0.29, 0.717) is 18.5 Å². The molecule has 0 radical (unpaired) electrons. The van der Waals surface area contributed by atoms with Crippen LogP contribution in [0.25, 0.3) is 0 Å². The first-order chi connectivity index (χ1) is 8.15. The number of hydrogen-bond acceptors (Lipinski definition) is 3. The van der Waals surface area contributed by atoms with Gasteiger partial charge in [-0.1, -0.05) is 0 Å². The quantitative estimate of drug-likeness (QED) is 0.758. The van der Waals surface area contributed by atoms with Gasteiger partial charge in [-0.3, -0.25) is 9.59 Å². The Hall–Kier alpha value is -0.810. The number of carbonyl (C=O) groups is 2. The van der Waals surface area contributed by atoms with Crippen molar-refractivity contribution in [2.45, 2.75) is 44.2 Å². The second kappa shape index (κ2) is 6.95. The molecule has 2 N–H and O–H groups in total. The van der Waals surface area contributed by atoms with E-state index in [4.69, 9.17) is 0 Å². The lowest BCUT2D eigenvalue weighted by atomic mass is 10.1. The third kappa shape index (κ3) is 4.82. The van der Waals surface area contributed by atoms with Gasteiger partial charge in [0.1, 0.15) is 0 Å². The molecule has 1 unspecified atom stereocenters. The molecule has 0 aromatic rings. The fraction of sp³-hybridized carbons (Fsp3) is 0.833. The van der Waals surface area contributed by atoms with Gasteiger partial charge in [-0.25, -0.2) is 0 Å². The number of amides is 2. The first kappa shape index (κ1) is 15.2. The highest BCUT2D eigenvalue weighted by Crippen LogP contribution is 2.18. The molecule has 1 saturated carbocycles. The summed E-state index contributed by atoms with van der Waals surface area (Å²) in [6.07, 6.45) is 4.87. The van der Waals surface area contributed by atoms with Crippen LogP contribution in [0.1, 0.15) is 32.1 Å². The molecule has 5 nitrogen and oxygen atoms in total. The number of hydrogen-bond donors (Lipinski definition) is 2. The molecule has 0 aromatic carbocycles. The molecular formula is C12H22ClN3O2. The van der Waals surface area contributed by atoms with E-state index < -0.39 is 0 Å². The smallest absolute Gasteiger partial charge is 0.239 e. The Morgan fingerprint density at radius 3 is 2.61 bits per heavy atom. The minimum atomic E-state index is -0.0391. The van der Waals surface area contributed by atoms with Crippen LogP contribution in [0.3, 0.4) is 0 Å². The topological polar surface area (TPSA) is 61.4 Å². The van der Waals surface area contributed by atoms with Gasteiger partial charge in [0.05, 0.1) is 6.54 Å². The predicted molar refractivity (Wildman–Crippen MR) is 71.7 cm³/mol. The molecule has 0 spiro atoms. The normalized spacial score (nSPS) is 22.2. The highest BCUT2D eigenvalue weighted by Gasteiger charge is 2.25. The van der Waals surface area contributed by atoms with Crippen LogP contribution in [0.4, 0.5) is 0 Å². The van der Waals surface area contributed by atoms with Crippen LogP contribution in [-0.2, 0) is 9.59 Å². The van der Waals surface area contributed by atoms with Crippen molar-refractivity contribution in [2.24, 2.45) is 0 Å². The second-order valence-corrected chi connectivity index (χ2v) is 5.09. The summed E-state index contributed by atoms with van der Waals surface area (Å²) < 4.78 is 0. The molecular weight excluding hydrogens is 254 g/mol. The average Bonchev–Trinajstić information content (AvgIpc) is 2.93. The molecule has 1 saturated heterocycles. The van der Waals surface area contributed by atoms with E-state index in [0.717, 1.165) is 32.2 Å². The van der Waals surface area contributed by atoms with Crippen LogP contribution in [-0.4, -0.2) is 48.9 Å². The van der Waals surface area contributed by atoms with Crippen molar-refractivity contribution < 1.29 is 9.59 Å². The van der Waals surface area contributed by atoms with Gasteiger partial charge in [0.15, 0.2) is 0 Å². The molecule has 18 heavy (non-hydrogen) atoms. The molecule has 2 amide bonds. The van der Waals surface area contributed by atoms with Crippen LogP contribution in [0.2, 0.25) is 0 Å². The summed E-state index contributed by atoms with van der Waals surface area (Å²) in [4.78, 5) is 24.9. The Bertz CT molecular complexity index is 302. The van der Waals surface area contributed by atoms with Gasteiger partial charge >= 0.3 is 0 Å². The minimum absolute atomic E-state index is 0. The Kier molecular flexibility index (Phi) is 5.88. The van der Waals surface area contributed by atoms with Gasteiger partial charge in [-0.15, -0.1) is 12.4 Å². The third-order valence-electron chi connectivity index (χ3n) is 3.33. The molecule has 1 aliphatic carbocycles. The molecule has 104 valence electrons. The molecule has 2 rings (SSSR count). The molecule has 1 heterocycles.